The van der Waals surface area contributed by atoms with E-state index in [0.29, 0.717) is 18.9 Å². The van der Waals surface area contributed by atoms with Gasteiger partial charge in [-0.05, 0) is 37.5 Å². The number of amides is 1. The van der Waals surface area contributed by atoms with Gasteiger partial charge in [-0.1, -0.05) is 12.1 Å². The maximum Gasteiger partial charge on any atom is 0.227 e. The Labute approximate surface area is 137 Å². The number of anilines is 1. The van der Waals surface area contributed by atoms with Gasteiger partial charge in [0.15, 0.2) is 5.96 Å². The molecule has 1 aromatic carbocycles. The zero-order valence-corrected chi connectivity index (χ0v) is 13.8. The number of nitrogens with zero attached hydrogens (tertiary/aromatic N) is 2. The molecule has 1 saturated heterocycles. The topological polar surface area (TPSA) is 80.0 Å². The number of benzene rings is 1. The van der Waals surface area contributed by atoms with Crippen molar-refractivity contribution in [2.45, 2.75) is 32.7 Å². The van der Waals surface area contributed by atoms with Crippen molar-refractivity contribution in [2.75, 3.05) is 31.2 Å². The zero-order chi connectivity index (χ0) is 16.5. The van der Waals surface area contributed by atoms with E-state index < -0.39 is 0 Å². The molecule has 23 heavy (non-hydrogen) atoms. The molecule has 6 nitrogen and oxygen atoms in total. The van der Waals surface area contributed by atoms with Crippen LogP contribution in [0.1, 0.15) is 31.7 Å². The highest BCUT2D eigenvalue weighted by Crippen LogP contribution is 2.21. The van der Waals surface area contributed by atoms with Gasteiger partial charge in [-0.25, -0.2) is 4.99 Å². The largest absolute Gasteiger partial charge is 0.382 e. The van der Waals surface area contributed by atoms with Gasteiger partial charge in [0.05, 0.1) is 6.54 Å². The second-order valence-corrected chi connectivity index (χ2v) is 5.49. The Kier molecular flexibility index (Phi) is 6.87. The molecule has 3 N–H and O–H groups in total. The van der Waals surface area contributed by atoms with Crippen molar-refractivity contribution >= 4 is 17.6 Å². The summed E-state index contributed by atoms with van der Waals surface area (Å²) >= 11 is 0. The van der Waals surface area contributed by atoms with Crippen molar-refractivity contribution < 1.29 is 9.53 Å². The molecule has 1 amide bonds. The number of carbonyl (C=O) groups is 1. The highest BCUT2D eigenvalue weighted by Gasteiger charge is 2.21. The van der Waals surface area contributed by atoms with Gasteiger partial charge in [-0.3, -0.25) is 4.79 Å². The van der Waals surface area contributed by atoms with Crippen LogP contribution in [0.3, 0.4) is 0 Å². The average Bonchev–Trinajstić information content (AvgIpc) is 2.99. The Morgan fingerprint density at radius 2 is 2.17 bits per heavy atom. The van der Waals surface area contributed by atoms with E-state index in [9.17, 15) is 4.79 Å². The van der Waals surface area contributed by atoms with Gasteiger partial charge in [0, 0.05) is 38.4 Å². The minimum absolute atomic E-state index is 0.205. The van der Waals surface area contributed by atoms with Gasteiger partial charge in [-0.2, -0.15) is 0 Å². The smallest absolute Gasteiger partial charge is 0.227 e. The number of carbonyl (C=O) groups excluding carboxylic acids is 1. The molecule has 0 saturated carbocycles. The Hall–Kier alpha value is -2.08. The van der Waals surface area contributed by atoms with E-state index in [4.69, 9.17) is 10.5 Å². The molecule has 0 atom stereocenters. The summed E-state index contributed by atoms with van der Waals surface area (Å²) in [5.41, 5.74) is 7.86. The van der Waals surface area contributed by atoms with Crippen LogP contribution in [0.2, 0.25) is 0 Å². The van der Waals surface area contributed by atoms with Crippen LogP contribution >= 0.6 is 0 Å². The van der Waals surface area contributed by atoms with Crippen LogP contribution in [0.15, 0.2) is 29.3 Å². The van der Waals surface area contributed by atoms with Crippen molar-refractivity contribution in [2.24, 2.45) is 10.7 Å². The summed E-state index contributed by atoms with van der Waals surface area (Å²) in [4.78, 5) is 17.9. The first-order valence-corrected chi connectivity index (χ1v) is 8.21. The number of ether oxygens (including phenoxy) is 1. The molecule has 126 valence electrons. The Balaban J connectivity index is 1.76. The molecule has 1 heterocycles. The Morgan fingerprint density at radius 3 is 2.83 bits per heavy atom. The summed E-state index contributed by atoms with van der Waals surface area (Å²) in [7, 11) is 0. The highest BCUT2D eigenvalue weighted by molar-refractivity contribution is 5.95. The van der Waals surface area contributed by atoms with E-state index in [1.165, 1.54) is 0 Å². The number of hydrogen-bond donors (Lipinski definition) is 2. The third-order valence-electron chi connectivity index (χ3n) is 3.73. The number of rotatable bonds is 8. The maximum atomic E-state index is 11.7. The summed E-state index contributed by atoms with van der Waals surface area (Å²) in [6.45, 7) is 5.54. The number of aliphatic imine (C=N–C) groups is 1. The average molecular weight is 318 g/mol. The normalized spacial score (nSPS) is 15.3. The standard InChI is InChI=1S/C17H26N4O2/c1-2-23-12-4-10-19-17(18)20-13-14-6-8-15(9-7-14)21-11-3-5-16(21)22/h6-9H,2-5,10-13H2,1H3,(H3,18,19,20). The highest BCUT2D eigenvalue weighted by atomic mass is 16.5. The number of hydrogen-bond acceptors (Lipinski definition) is 3. The van der Waals surface area contributed by atoms with E-state index in [2.05, 4.69) is 10.3 Å². The first-order valence-electron chi connectivity index (χ1n) is 8.21. The molecule has 2 rings (SSSR count). The fourth-order valence-electron chi connectivity index (χ4n) is 2.47. The molecule has 1 aliphatic heterocycles. The lowest BCUT2D eigenvalue weighted by molar-refractivity contribution is -0.117. The summed E-state index contributed by atoms with van der Waals surface area (Å²) in [6, 6.07) is 7.93. The summed E-state index contributed by atoms with van der Waals surface area (Å²) < 4.78 is 5.26. The van der Waals surface area contributed by atoms with Crippen LogP contribution in [0, 0.1) is 0 Å². The minimum atomic E-state index is 0.205. The molecule has 0 bridgehead atoms. The summed E-state index contributed by atoms with van der Waals surface area (Å²) in [6.07, 6.45) is 2.50. The van der Waals surface area contributed by atoms with Crippen LogP contribution in [0.5, 0.6) is 0 Å². The molecule has 0 aliphatic carbocycles. The van der Waals surface area contributed by atoms with E-state index in [0.717, 1.165) is 50.4 Å². The van der Waals surface area contributed by atoms with Gasteiger partial charge < -0.3 is 20.7 Å². The molecule has 0 unspecified atom stereocenters. The molecule has 1 aliphatic rings. The Bertz CT molecular complexity index is 528. The number of nitrogens with one attached hydrogen (secondary N) is 1. The van der Waals surface area contributed by atoms with Gasteiger partial charge in [0.25, 0.3) is 0 Å². The third kappa shape index (κ3) is 5.56. The summed E-state index contributed by atoms with van der Waals surface area (Å²) in [5, 5.41) is 3.07. The van der Waals surface area contributed by atoms with E-state index in [1.54, 1.807) is 0 Å². The first kappa shape index (κ1) is 17.3. The zero-order valence-electron chi connectivity index (χ0n) is 13.8. The van der Waals surface area contributed by atoms with Crippen LogP contribution in [-0.2, 0) is 16.1 Å². The second-order valence-electron chi connectivity index (χ2n) is 5.49. The molecular formula is C17H26N4O2. The predicted molar refractivity (Wildman–Crippen MR) is 92.5 cm³/mol. The van der Waals surface area contributed by atoms with Crippen LogP contribution < -0.4 is 16.0 Å². The number of guanidine groups is 1. The van der Waals surface area contributed by atoms with Crippen LogP contribution in [0.4, 0.5) is 5.69 Å². The maximum absolute atomic E-state index is 11.7. The SMILES string of the molecule is CCOCCCNC(N)=NCc1ccc(N2CCCC2=O)cc1. The number of nitrogens with two attached hydrogens (primary N) is 1. The molecule has 0 spiro atoms. The molecule has 0 radical (unpaired) electrons. The van der Waals surface area contributed by atoms with Crippen molar-refractivity contribution in [1.82, 2.24) is 5.32 Å². The molecular weight excluding hydrogens is 292 g/mol. The van der Waals surface area contributed by atoms with Crippen molar-refractivity contribution in [3.63, 3.8) is 0 Å². The van der Waals surface area contributed by atoms with E-state index >= 15 is 0 Å². The fourth-order valence-corrected chi connectivity index (χ4v) is 2.47. The lowest BCUT2D eigenvalue weighted by Gasteiger charge is -2.15. The fraction of sp³-hybridized carbons (Fsp3) is 0.529. The van der Waals surface area contributed by atoms with Crippen molar-refractivity contribution in [1.29, 1.82) is 0 Å². The van der Waals surface area contributed by atoms with E-state index in [1.807, 2.05) is 36.1 Å². The molecule has 1 aromatic rings. The van der Waals surface area contributed by atoms with Crippen molar-refractivity contribution in [3.8, 4) is 0 Å². The third-order valence-corrected chi connectivity index (χ3v) is 3.73. The van der Waals surface area contributed by atoms with Gasteiger partial charge >= 0.3 is 0 Å². The van der Waals surface area contributed by atoms with Gasteiger partial charge in [0.2, 0.25) is 5.91 Å². The monoisotopic (exact) mass is 318 g/mol. The lowest BCUT2D eigenvalue weighted by Crippen LogP contribution is -2.32. The predicted octanol–water partition coefficient (Wildman–Crippen LogP) is 1.64. The van der Waals surface area contributed by atoms with Crippen LogP contribution in [0.25, 0.3) is 0 Å². The Morgan fingerprint density at radius 1 is 1.39 bits per heavy atom. The van der Waals surface area contributed by atoms with Gasteiger partial charge in [-0.15, -0.1) is 0 Å². The second kappa shape index (κ2) is 9.15. The van der Waals surface area contributed by atoms with Gasteiger partial charge in [0.1, 0.15) is 0 Å². The summed E-state index contributed by atoms with van der Waals surface area (Å²) in [5.74, 6) is 0.650. The molecule has 0 aromatic heterocycles. The lowest BCUT2D eigenvalue weighted by atomic mass is 10.2. The first-order chi connectivity index (χ1) is 11.2. The van der Waals surface area contributed by atoms with Crippen molar-refractivity contribution in [3.05, 3.63) is 29.8 Å². The quantitative estimate of drug-likeness (QED) is 0.434. The molecule has 1 fully saturated rings. The minimum Gasteiger partial charge on any atom is -0.382 e. The van der Waals surface area contributed by atoms with Crippen LogP contribution in [-0.4, -0.2) is 38.2 Å². The molecule has 6 heteroatoms. The van der Waals surface area contributed by atoms with E-state index in [-0.39, 0.29) is 5.91 Å².